The smallest absolute Gasteiger partial charge is 0.256 e. The Bertz CT molecular complexity index is 465. The van der Waals surface area contributed by atoms with E-state index in [9.17, 15) is 18.7 Å². The molecule has 0 aromatic heterocycles. The molecule has 2 rings (SSSR count). The Hall–Kier alpha value is -1.75. The summed E-state index contributed by atoms with van der Waals surface area (Å²) in [6.07, 6.45) is -0.0762. The number of rotatable bonds is 1. The first kappa shape index (κ1) is 10.8. The van der Waals surface area contributed by atoms with E-state index in [4.69, 9.17) is 0 Å². The lowest BCUT2D eigenvalue weighted by Gasteiger charge is -2.21. The molecular weight excluding hydrogens is 216 g/mol. The van der Waals surface area contributed by atoms with Crippen molar-refractivity contribution in [2.24, 2.45) is 0 Å². The highest BCUT2D eigenvalue weighted by Crippen LogP contribution is 2.29. The number of amides is 1. The van der Waals surface area contributed by atoms with E-state index in [0.717, 1.165) is 12.1 Å². The van der Waals surface area contributed by atoms with Crippen molar-refractivity contribution in [3.05, 3.63) is 41.5 Å². The molecule has 1 N–H and O–H groups in total. The molecule has 1 heterocycles. The number of nitrogens with zero attached hydrogens (tertiary/aromatic N) is 1. The molecule has 84 valence electrons. The third kappa shape index (κ3) is 1.49. The van der Waals surface area contributed by atoms with Gasteiger partial charge in [-0.15, -0.1) is 0 Å². The molecule has 1 aromatic rings. The molecule has 0 saturated heterocycles. The lowest BCUT2D eigenvalue weighted by Crippen LogP contribution is -2.35. The second-order valence-corrected chi connectivity index (χ2v) is 3.51. The fourth-order valence-corrected chi connectivity index (χ4v) is 1.63. The van der Waals surface area contributed by atoms with Crippen LogP contribution in [-0.4, -0.2) is 17.2 Å². The molecule has 3 nitrogen and oxygen atoms in total. The third-order valence-corrected chi connectivity index (χ3v) is 2.40. The number of halogens is 2. The summed E-state index contributed by atoms with van der Waals surface area (Å²) in [5.41, 5.74) is -0.261. The molecule has 1 aromatic carbocycles. The maximum Gasteiger partial charge on any atom is 0.256 e. The van der Waals surface area contributed by atoms with Crippen molar-refractivity contribution in [3.8, 4) is 0 Å². The summed E-state index contributed by atoms with van der Waals surface area (Å²) in [4.78, 5) is 12.3. The van der Waals surface area contributed by atoms with Crippen molar-refractivity contribution in [1.29, 1.82) is 0 Å². The van der Waals surface area contributed by atoms with E-state index in [1.165, 1.54) is 19.1 Å². The highest BCUT2D eigenvalue weighted by Gasteiger charge is 2.33. The van der Waals surface area contributed by atoms with Gasteiger partial charge in [0, 0.05) is 5.57 Å². The van der Waals surface area contributed by atoms with E-state index in [1.807, 2.05) is 0 Å². The Kier molecular flexibility index (Phi) is 2.47. The van der Waals surface area contributed by atoms with E-state index in [0.29, 0.717) is 4.90 Å². The summed E-state index contributed by atoms with van der Waals surface area (Å²) in [6.45, 7) is 1.48. The Morgan fingerprint density at radius 2 is 1.88 bits per heavy atom. The topological polar surface area (TPSA) is 40.5 Å². The molecule has 0 spiro atoms. The van der Waals surface area contributed by atoms with Crippen molar-refractivity contribution in [2.75, 3.05) is 4.90 Å². The van der Waals surface area contributed by atoms with Gasteiger partial charge in [0.1, 0.15) is 17.3 Å². The standard InChI is InChI=1S/C11H9F2NO2/c1-6-5-9(15)14(11(6)16)10-7(12)3-2-4-8(10)13/h2-5,9,15H,1H3. The van der Waals surface area contributed by atoms with Crippen LogP contribution in [0.1, 0.15) is 6.92 Å². The molecule has 5 heteroatoms. The van der Waals surface area contributed by atoms with E-state index < -0.39 is 29.5 Å². The minimum absolute atomic E-state index is 0.259. The largest absolute Gasteiger partial charge is 0.369 e. The summed E-state index contributed by atoms with van der Waals surface area (Å²) < 4.78 is 26.8. The molecule has 0 fully saturated rings. The second-order valence-electron chi connectivity index (χ2n) is 3.51. The van der Waals surface area contributed by atoms with Crippen LogP contribution in [0.4, 0.5) is 14.5 Å². The van der Waals surface area contributed by atoms with Gasteiger partial charge in [0.2, 0.25) is 0 Å². The summed E-state index contributed by atoms with van der Waals surface area (Å²) in [5.74, 6) is -2.36. The summed E-state index contributed by atoms with van der Waals surface area (Å²) in [6, 6.07) is 3.26. The van der Waals surface area contributed by atoms with Gasteiger partial charge in [-0.25, -0.2) is 8.78 Å². The van der Waals surface area contributed by atoms with Crippen LogP contribution in [0.15, 0.2) is 29.8 Å². The number of carbonyl (C=O) groups excluding carboxylic acids is 1. The van der Waals surface area contributed by atoms with Crippen LogP contribution in [0.2, 0.25) is 0 Å². The van der Waals surface area contributed by atoms with Crippen molar-refractivity contribution < 1.29 is 18.7 Å². The molecule has 16 heavy (non-hydrogen) atoms. The summed E-state index contributed by atoms with van der Waals surface area (Å²) in [7, 11) is 0. The van der Waals surface area contributed by atoms with Crippen LogP contribution < -0.4 is 4.90 Å². The van der Waals surface area contributed by atoms with Gasteiger partial charge in [-0.05, 0) is 25.1 Å². The predicted octanol–water partition coefficient (Wildman–Crippen LogP) is 1.58. The van der Waals surface area contributed by atoms with E-state index in [2.05, 4.69) is 0 Å². The Morgan fingerprint density at radius 1 is 1.31 bits per heavy atom. The molecule has 1 unspecified atom stereocenters. The van der Waals surface area contributed by atoms with Crippen LogP contribution in [0.25, 0.3) is 0 Å². The Balaban J connectivity index is 2.51. The van der Waals surface area contributed by atoms with Gasteiger partial charge in [0.25, 0.3) is 5.91 Å². The van der Waals surface area contributed by atoms with Crippen molar-refractivity contribution in [3.63, 3.8) is 0 Å². The van der Waals surface area contributed by atoms with E-state index >= 15 is 0 Å². The number of hydrogen-bond donors (Lipinski definition) is 1. The monoisotopic (exact) mass is 225 g/mol. The van der Waals surface area contributed by atoms with Crippen LogP contribution in [0.3, 0.4) is 0 Å². The molecular formula is C11H9F2NO2. The highest BCUT2D eigenvalue weighted by molar-refractivity contribution is 6.08. The number of carbonyl (C=O) groups is 1. The van der Waals surface area contributed by atoms with Crippen molar-refractivity contribution in [2.45, 2.75) is 13.2 Å². The Morgan fingerprint density at radius 3 is 2.31 bits per heavy atom. The van der Waals surface area contributed by atoms with Crippen LogP contribution in [-0.2, 0) is 4.79 Å². The maximum atomic E-state index is 13.4. The van der Waals surface area contributed by atoms with Gasteiger partial charge in [0.05, 0.1) is 0 Å². The number of aliphatic hydroxyl groups excluding tert-OH is 1. The average Bonchev–Trinajstić information content (AvgIpc) is 2.44. The first-order chi connectivity index (χ1) is 7.52. The normalized spacial score (nSPS) is 20.2. The van der Waals surface area contributed by atoms with Gasteiger partial charge in [-0.2, -0.15) is 0 Å². The number of aliphatic hydroxyl groups is 1. The third-order valence-electron chi connectivity index (χ3n) is 2.40. The minimum Gasteiger partial charge on any atom is -0.369 e. The van der Waals surface area contributed by atoms with Gasteiger partial charge in [-0.3, -0.25) is 9.69 Å². The van der Waals surface area contributed by atoms with Crippen LogP contribution in [0.5, 0.6) is 0 Å². The van der Waals surface area contributed by atoms with Crippen LogP contribution in [0, 0.1) is 11.6 Å². The first-order valence-corrected chi connectivity index (χ1v) is 4.66. The lowest BCUT2D eigenvalue weighted by molar-refractivity contribution is -0.115. The molecule has 0 saturated carbocycles. The molecule has 1 atom stereocenters. The van der Waals surface area contributed by atoms with Crippen LogP contribution >= 0.6 is 0 Å². The number of hydrogen-bond acceptors (Lipinski definition) is 2. The average molecular weight is 225 g/mol. The van der Waals surface area contributed by atoms with Gasteiger partial charge in [0.15, 0.2) is 6.23 Å². The van der Waals surface area contributed by atoms with Gasteiger partial charge < -0.3 is 5.11 Å². The summed E-state index contributed by atoms with van der Waals surface area (Å²) in [5, 5.41) is 9.53. The molecule has 1 aliphatic heterocycles. The highest BCUT2D eigenvalue weighted by atomic mass is 19.1. The minimum atomic E-state index is -1.32. The molecule has 1 amide bonds. The molecule has 0 aliphatic carbocycles. The summed E-state index contributed by atoms with van der Waals surface area (Å²) >= 11 is 0. The maximum absolute atomic E-state index is 13.4. The molecule has 0 radical (unpaired) electrons. The first-order valence-electron chi connectivity index (χ1n) is 4.66. The van der Waals surface area contributed by atoms with Gasteiger partial charge >= 0.3 is 0 Å². The lowest BCUT2D eigenvalue weighted by atomic mass is 10.2. The molecule has 0 bridgehead atoms. The fourth-order valence-electron chi connectivity index (χ4n) is 1.63. The number of benzene rings is 1. The van der Waals surface area contributed by atoms with E-state index in [1.54, 1.807) is 0 Å². The number of anilines is 1. The van der Waals surface area contributed by atoms with Crippen molar-refractivity contribution in [1.82, 2.24) is 0 Å². The van der Waals surface area contributed by atoms with Crippen molar-refractivity contribution >= 4 is 11.6 Å². The quantitative estimate of drug-likeness (QED) is 0.788. The Labute approximate surface area is 90.6 Å². The molecule has 1 aliphatic rings. The second kappa shape index (κ2) is 3.68. The van der Waals surface area contributed by atoms with E-state index in [-0.39, 0.29) is 5.57 Å². The fraction of sp³-hybridized carbons (Fsp3) is 0.182. The zero-order valence-electron chi connectivity index (χ0n) is 8.45. The SMILES string of the molecule is CC1=CC(O)N(c2c(F)cccc2F)C1=O. The predicted molar refractivity (Wildman–Crippen MR) is 53.6 cm³/mol. The zero-order chi connectivity index (χ0) is 11.9. The number of para-hydroxylation sites is 1. The zero-order valence-corrected chi connectivity index (χ0v) is 8.45. The van der Waals surface area contributed by atoms with Gasteiger partial charge in [-0.1, -0.05) is 6.07 Å².